The van der Waals surface area contributed by atoms with Gasteiger partial charge in [0.05, 0.1) is 0 Å². The lowest BCUT2D eigenvalue weighted by Crippen LogP contribution is -2.29. The minimum Gasteiger partial charge on any atom is -0.370 e. The van der Waals surface area contributed by atoms with Crippen molar-refractivity contribution in [3.63, 3.8) is 0 Å². The lowest BCUT2D eigenvalue weighted by Gasteiger charge is -2.17. The van der Waals surface area contributed by atoms with Crippen LogP contribution in [-0.2, 0) is 0 Å². The number of anilines is 1. The van der Waals surface area contributed by atoms with E-state index in [0.29, 0.717) is 12.1 Å². The van der Waals surface area contributed by atoms with Crippen molar-refractivity contribution in [2.24, 2.45) is 0 Å². The molecule has 0 atom stereocenters. The molecule has 0 aliphatic carbocycles. The van der Waals surface area contributed by atoms with Crippen molar-refractivity contribution in [2.45, 2.75) is 27.2 Å². The van der Waals surface area contributed by atoms with Crippen LogP contribution in [0.4, 0.5) is 5.82 Å². The Morgan fingerprint density at radius 2 is 2.05 bits per heavy atom. The van der Waals surface area contributed by atoms with E-state index in [2.05, 4.69) is 34.4 Å². The molecular weight excluding hydrogens is 252 g/mol. The van der Waals surface area contributed by atoms with E-state index in [-0.39, 0.29) is 5.91 Å². The van der Waals surface area contributed by atoms with Crippen molar-refractivity contribution in [3.05, 3.63) is 23.9 Å². The van der Waals surface area contributed by atoms with Crippen molar-refractivity contribution in [1.29, 1.82) is 0 Å². The van der Waals surface area contributed by atoms with Gasteiger partial charge in [0.25, 0.3) is 5.91 Å². The lowest BCUT2D eigenvalue weighted by molar-refractivity contribution is 0.0952. The maximum atomic E-state index is 12.0. The van der Waals surface area contributed by atoms with Crippen LogP contribution in [0.1, 0.15) is 37.6 Å². The number of aromatic nitrogens is 1. The second kappa shape index (κ2) is 9.31. The van der Waals surface area contributed by atoms with Gasteiger partial charge in [-0.2, -0.15) is 0 Å². The predicted molar refractivity (Wildman–Crippen MR) is 83.1 cm³/mol. The Bertz CT molecular complexity index is 405. The molecule has 0 aliphatic heterocycles. The van der Waals surface area contributed by atoms with Crippen molar-refractivity contribution in [3.8, 4) is 0 Å². The highest BCUT2D eigenvalue weighted by Crippen LogP contribution is 2.06. The third-order valence-electron chi connectivity index (χ3n) is 3.21. The highest BCUT2D eigenvalue weighted by atomic mass is 16.1. The van der Waals surface area contributed by atoms with Crippen LogP contribution in [0.15, 0.2) is 18.3 Å². The molecule has 1 rings (SSSR count). The zero-order valence-corrected chi connectivity index (χ0v) is 12.8. The van der Waals surface area contributed by atoms with Crippen LogP contribution < -0.4 is 10.6 Å². The summed E-state index contributed by atoms with van der Waals surface area (Å²) in [6.07, 6.45) is 2.63. The Morgan fingerprint density at radius 3 is 2.70 bits per heavy atom. The predicted octanol–water partition coefficient (Wildman–Crippen LogP) is 1.98. The zero-order chi connectivity index (χ0) is 14.8. The third-order valence-corrected chi connectivity index (χ3v) is 3.21. The van der Waals surface area contributed by atoms with Crippen LogP contribution in [0.25, 0.3) is 0 Å². The molecule has 20 heavy (non-hydrogen) atoms. The van der Waals surface area contributed by atoms with E-state index in [4.69, 9.17) is 0 Å². The van der Waals surface area contributed by atoms with Gasteiger partial charge in [-0.05, 0) is 45.1 Å². The largest absolute Gasteiger partial charge is 0.370 e. The normalized spacial score (nSPS) is 10.6. The number of carbonyl (C=O) groups excluding carboxylic acids is 1. The fourth-order valence-corrected chi connectivity index (χ4v) is 2.00. The van der Waals surface area contributed by atoms with Gasteiger partial charge in [-0.1, -0.05) is 13.8 Å². The summed E-state index contributed by atoms with van der Waals surface area (Å²) in [6, 6.07) is 3.52. The van der Waals surface area contributed by atoms with Crippen LogP contribution in [-0.4, -0.2) is 48.5 Å². The Kier molecular flexibility index (Phi) is 7.65. The van der Waals surface area contributed by atoms with Crippen molar-refractivity contribution in [2.75, 3.05) is 38.0 Å². The molecule has 0 bridgehead atoms. The van der Waals surface area contributed by atoms with Gasteiger partial charge >= 0.3 is 0 Å². The molecule has 0 aromatic carbocycles. The van der Waals surface area contributed by atoms with E-state index in [1.807, 2.05) is 6.92 Å². The van der Waals surface area contributed by atoms with Crippen LogP contribution in [0.2, 0.25) is 0 Å². The van der Waals surface area contributed by atoms with Gasteiger partial charge in [0.15, 0.2) is 0 Å². The van der Waals surface area contributed by atoms with Gasteiger partial charge in [-0.3, -0.25) is 4.79 Å². The van der Waals surface area contributed by atoms with Gasteiger partial charge < -0.3 is 15.5 Å². The fraction of sp³-hybridized carbons (Fsp3) is 0.600. The van der Waals surface area contributed by atoms with Crippen LogP contribution in [0, 0.1) is 0 Å². The number of hydrogen-bond donors (Lipinski definition) is 2. The number of amides is 1. The van der Waals surface area contributed by atoms with Crippen molar-refractivity contribution < 1.29 is 4.79 Å². The number of nitrogens with one attached hydrogen (secondary N) is 2. The maximum absolute atomic E-state index is 12.0. The molecule has 0 fully saturated rings. The number of hydrogen-bond acceptors (Lipinski definition) is 4. The minimum atomic E-state index is -0.0360. The van der Waals surface area contributed by atoms with E-state index in [0.717, 1.165) is 38.4 Å². The highest BCUT2D eigenvalue weighted by molar-refractivity contribution is 5.94. The van der Waals surface area contributed by atoms with E-state index in [1.165, 1.54) is 0 Å². The van der Waals surface area contributed by atoms with Gasteiger partial charge in [0, 0.05) is 24.8 Å². The molecule has 1 heterocycles. The number of rotatable bonds is 9. The number of nitrogens with zero attached hydrogens (tertiary/aromatic N) is 2. The summed E-state index contributed by atoms with van der Waals surface area (Å²) in [6.45, 7) is 10.9. The second-order valence-corrected chi connectivity index (χ2v) is 4.60. The van der Waals surface area contributed by atoms with Crippen LogP contribution >= 0.6 is 0 Å². The van der Waals surface area contributed by atoms with E-state index in [9.17, 15) is 4.79 Å². The molecule has 0 saturated heterocycles. The molecule has 5 nitrogen and oxygen atoms in total. The highest BCUT2D eigenvalue weighted by Gasteiger charge is 2.06. The van der Waals surface area contributed by atoms with Crippen molar-refractivity contribution in [1.82, 2.24) is 15.2 Å². The molecule has 0 aliphatic rings. The summed E-state index contributed by atoms with van der Waals surface area (Å²) < 4.78 is 0. The Morgan fingerprint density at radius 1 is 1.30 bits per heavy atom. The van der Waals surface area contributed by atoms with Crippen LogP contribution in [0.5, 0.6) is 0 Å². The molecule has 1 amide bonds. The number of pyridine rings is 1. The fourth-order valence-electron chi connectivity index (χ4n) is 2.00. The first-order valence-corrected chi connectivity index (χ1v) is 7.41. The maximum Gasteiger partial charge on any atom is 0.251 e. The topological polar surface area (TPSA) is 57.3 Å². The molecule has 0 radical (unpaired) electrons. The monoisotopic (exact) mass is 278 g/mol. The molecule has 0 unspecified atom stereocenters. The van der Waals surface area contributed by atoms with Gasteiger partial charge in [-0.15, -0.1) is 0 Å². The summed E-state index contributed by atoms with van der Waals surface area (Å²) in [7, 11) is 0. The minimum absolute atomic E-state index is 0.0360. The van der Waals surface area contributed by atoms with E-state index >= 15 is 0 Å². The van der Waals surface area contributed by atoms with Crippen molar-refractivity contribution >= 4 is 11.7 Å². The van der Waals surface area contributed by atoms with E-state index < -0.39 is 0 Å². The lowest BCUT2D eigenvalue weighted by atomic mass is 10.2. The molecule has 0 spiro atoms. The standard InChI is InChI=1S/C15H26N4O/c1-4-16-14-12-13(8-10-17-14)15(20)18-9-7-11-19(5-2)6-3/h8,10,12H,4-7,9,11H2,1-3H3,(H,16,17)(H,18,20). The summed E-state index contributed by atoms with van der Waals surface area (Å²) >= 11 is 0. The molecule has 0 saturated carbocycles. The zero-order valence-electron chi connectivity index (χ0n) is 12.8. The Hall–Kier alpha value is -1.62. The third kappa shape index (κ3) is 5.57. The Labute approximate surface area is 121 Å². The molecule has 2 N–H and O–H groups in total. The average Bonchev–Trinajstić information content (AvgIpc) is 2.48. The summed E-state index contributed by atoms with van der Waals surface area (Å²) in [5, 5.41) is 6.05. The van der Waals surface area contributed by atoms with Gasteiger partial charge in [-0.25, -0.2) is 4.98 Å². The molecule has 5 heteroatoms. The summed E-state index contributed by atoms with van der Waals surface area (Å²) in [4.78, 5) is 18.5. The Balaban J connectivity index is 2.37. The molecule has 1 aromatic heterocycles. The van der Waals surface area contributed by atoms with Gasteiger partial charge in [0.1, 0.15) is 5.82 Å². The summed E-state index contributed by atoms with van der Waals surface area (Å²) in [5.41, 5.74) is 0.652. The number of carbonyl (C=O) groups is 1. The molecule has 112 valence electrons. The summed E-state index contributed by atoms with van der Waals surface area (Å²) in [5.74, 6) is 0.703. The first-order valence-electron chi connectivity index (χ1n) is 7.41. The van der Waals surface area contributed by atoms with E-state index in [1.54, 1.807) is 18.3 Å². The first kappa shape index (κ1) is 16.4. The quantitative estimate of drug-likeness (QED) is 0.678. The second-order valence-electron chi connectivity index (χ2n) is 4.60. The van der Waals surface area contributed by atoms with Gasteiger partial charge in [0.2, 0.25) is 0 Å². The molecular formula is C15H26N4O. The SMILES string of the molecule is CCNc1cc(C(=O)NCCCN(CC)CC)ccn1. The first-order chi connectivity index (χ1) is 9.71. The smallest absolute Gasteiger partial charge is 0.251 e. The molecule has 1 aromatic rings. The average molecular weight is 278 g/mol. The van der Waals surface area contributed by atoms with Crippen LogP contribution in [0.3, 0.4) is 0 Å².